The average molecular weight is 323 g/mol. The van der Waals surface area contributed by atoms with Gasteiger partial charge in [0.2, 0.25) is 0 Å². The lowest BCUT2D eigenvalue weighted by molar-refractivity contribution is 0.334. The van der Waals surface area contributed by atoms with Gasteiger partial charge in [0.25, 0.3) is 0 Å². The van der Waals surface area contributed by atoms with Crippen molar-refractivity contribution in [3.05, 3.63) is 28.7 Å². The van der Waals surface area contributed by atoms with E-state index < -0.39 is 9.84 Å². The summed E-state index contributed by atoms with van der Waals surface area (Å²) in [4.78, 5) is 0.248. The van der Waals surface area contributed by atoms with Crippen molar-refractivity contribution < 1.29 is 13.2 Å². The molecule has 0 heterocycles. The predicted molar refractivity (Wildman–Crippen MR) is 70.4 cm³/mol. The van der Waals surface area contributed by atoms with Crippen LogP contribution in [-0.4, -0.2) is 25.8 Å². The molecule has 0 aliphatic heterocycles. The second-order valence-electron chi connectivity index (χ2n) is 3.02. The van der Waals surface area contributed by atoms with Gasteiger partial charge in [0.05, 0.1) is 11.5 Å². The van der Waals surface area contributed by atoms with Gasteiger partial charge in [-0.05, 0) is 43.4 Å². The van der Waals surface area contributed by atoms with Gasteiger partial charge in [0, 0.05) is 4.47 Å². The van der Waals surface area contributed by atoms with Crippen LogP contribution in [0.3, 0.4) is 0 Å². The fourth-order valence-electron chi connectivity index (χ4n) is 1.08. The largest absolute Gasteiger partial charge is 0.486 e. The number of ether oxygens (including phenoxy) is 1. The molecule has 0 unspecified atom stereocenters. The highest BCUT2D eigenvalue weighted by Crippen LogP contribution is 2.16. The summed E-state index contributed by atoms with van der Waals surface area (Å²) >= 11 is 8.06. The monoisotopic (exact) mass is 322 g/mol. The molecule has 1 aromatic rings. The van der Waals surface area contributed by atoms with Crippen molar-refractivity contribution in [3.8, 4) is 0 Å². The third-order valence-electron chi connectivity index (χ3n) is 1.79. The smallest absolute Gasteiger partial charge is 0.186 e. The summed E-state index contributed by atoms with van der Waals surface area (Å²) in [5.41, 5.74) is 0. The summed E-state index contributed by atoms with van der Waals surface area (Å²) in [6, 6.07) is 6.43. The Bertz CT molecular complexity index is 465. The molecule has 88 valence electrons. The average Bonchev–Trinajstić information content (AvgIpc) is 2.17. The first-order chi connectivity index (χ1) is 7.45. The van der Waals surface area contributed by atoms with Crippen molar-refractivity contribution in [1.82, 2.24) is 0 Å². The first-order valence-corrected chi connectivity index (χ1v) is 7.45. The standard InChI is InChI=1S/C10H11BrO3S2/c1-2-14-10(15)7-16(12,13)9-5-3-8(11)4-6-9/h3-6H,2,7H2,1H3. The van der Waals surface area contributed by atoms with Crippen molar-refractivity contribution in [3.63, 3.8) is 0 Å². The summed E-state index contributed by atoms with van der Waals surface area (Å²) in [5.74, 6) is -0.252. The number of benzene rings is 1. The van der Waals surface area contributed by atoms with Crippen molar-refractivity contribution in [2.45, 2.75) is 11.8 Å². The highest BCUT2D eigenvalue weighted by atomic mass is 79.9. The van der Waals surface area contributed by atoms with Gasteiger partial charge in [-0.1, -0.05) is 15.9 Å². The van der Waals surface area contributed by atoms with Gasteiger partial charge in [-0.15, -0.1) is 0 Å². The minimum absolute atomic E-state index is 0.102. The minimum atomic E-state index is -3.39. The first-order valence-electron chi connectivity index (χ1n) is 4.59. The van der Waals surface area contributed by atoms with Gasteiger partial charge in [0.15, 0.2) is 14.9 Å². The van der Waals surface area contributed by atoms with E-state index in [2.05, 4.69) is 15.9 Å². The van der Waals surface area contributed by atoms with Crippen LogP contribution in [0.1, 0.15) is 6.92 Å². The second-order valence-corrected chi connectivity index (χ2v) is 6.38. The zero-order valence-corrected chi connectivity index (χ0v) is 11.9. The molecule has 0 saturated carbocycles. The molecule has 6 heteroatoms. The Morgan fingerprint density at radius 3 is 2.44 bits per heavy atom. The molecule has 0 amide bonds. The van der Waals surface area contributed by atoms with E-state index in [9.17, 15) is 8.42 Å². The van der Waals surface area contributed by atoms with Gasteiger partial charge in [-0.25, -0.2) is 8.42 Å². The molecule has 0 radical (unpaired) electrons. The second kappa shape index (κ2) is 5.75. The van der Waals surface area contributed by atoms with E-state index in [1.54, 1.807) is 19.1 Å². The molecule has 0 saturated heterocycles. The zero-order chi connectivity index (χ0) is 12.2. The quantitative estimate of drug-likeness (QED) is 0.799. The number of hydrogen-bond acceptors (Lipinski definition) is 4. The Hall–Kier alpha value is -0.460. The van der Waals surface area contributed by atoms with E-state index in [0.717, 1.165) is 4.47 Å². The van der Waals surface area contributed by atoms with E-state index in [1.165, 1.54) is 12.1 Å². The topological polar surface area (TPSA) is 43.4 Å². The summed E-state index contributed by atoms with van der Waals surface area (Å²) in [5, 5.41) is 0.102. The SMILES string of the molecule is CCOC(=S)CS(=O)(=O)c1ccc(Br)cc1. The fraction of sp³-hybridized carbons (Fsp3) is 0.300. The number of rotatable bonds is 4. The highest BCUT2D eigenvalue weighted by molar-refractivity contribution is 9.10. The van der Waals surface area contributed by atoms with E-state index in [0.29, 0.717) is 6.61 Å². The Kier molecular flexibility index (Phi) is 4.89. The van der Waals surface area contributed by atoms with Crippen molar-refractivity contribution >= 4 is 43.0 Å². The van der Waals surface area contributed by atoms with Crippen molar-refractivity contribution in [1.29, 1.82) is 0 Å². The summed E-state index contributed by atoms with van der Waals surface area (Å²) in [6.45, 7) is 2.15. The predicted octanol–water partition coefficient (Wildman–Crippen LogP) is 2.59. The molecule has 0 spiro atoms. The molecule has 3 nitrogen and oxygen atoms in total. The molecule has 16 heavy (non-hydrogen) atoms. The van der Waals surface area contributed by atoms with Gasteiger partial charge in [-0.3, -0.25) is 0 Å². The molecule has 0 aliphatic rings. The maximum absolute atomic E-state index is 11.8. The van der Waals surface area contributed by atoms with E-state index in [1.807, 2.05) is 0 Å². The van der Waals surface area contributed by atoms with Gasteiger partial charge >= 0.3 is 0 Å². The van der Waals surface area contributed by atoms with Gasteiger partial charge < -0.3 is 4.74 Å². The Morgan fingerprint density at radius 2 is 1.94 bits per heavy atom. The lowest BCUT2D eigenvalue weighted by atomic mass is 10.4. The maximum Gasteiger partial charge on any atom is 0.186 e. The normalized spacial score (nSPS) is 11.1. The lowest BCUT2D eigenvalue weighted by Crippen LogP contribution is -2.17. The summed E-state index contributed by atoms with van der Waals surface area (Å²) in [6.07, 6.45) is 0. The molecule has 1 rings (SSSR count). The number of sulfone groups is 1. The van der Waals surface area contributed by atoms with E-state index >= 15 is 0 Å². The fourth-order valence-corrected chi connectivity index (χ4v) is 3.04. The van der Waals surface area contributed by atoms with Crippen LogP contribution in [0.4, 0.5) is 0 Å². The van der Waals surface area contributed by atoms with Crippen LogP contribution in [0.2, 0.25) is 0 Å². The Labute approximate surface area is 109 Å². The summed E-state index contributed by atoms with van der Waals surface area (Å²) in [7, 11) is -3.39. The number of thiocarbonyl (C=S) groups is 1. The van der Waals surface area contributed by atoms with Crippen LogP contribution in [0.15, 0.2) is 33.6 Å². The van der Waals surface area contributed by atoms with E-state index in [4.69, 9.17) is 17.0 Å². The summed E-state index contributed by atoms with van der Waals surface area (Å²) < 4.78 is 29.5. The lowest BCUT2D eigenvalue weighted by Gasteiger charge is -2.06. The van der Waals surface area contributed by atoms with Gasteiger partial charge in [-0.2, -0.15) is 0 Å². The molecule has 0 fully saturated rings. The number of halogens is 1. The van der Waals surface area contributed by atoms with Crippen LogP contribution >= 0.6 is 28.1 Å². The molecular formula is C10H11BrO3S2. The molecule has 1 aromatic carbocycles. The Morgan fingerprint density at radius 1 is 1.38 bits per heavy atom. The van der Waals surface area contributed by atoms with Crippen LogP contribution in [0, 0.1) is 0 Å². The van der Waals surface area contributed by atoms with Crippen LogP contribution in [-0.2, 0) is 14.6 Å². The number of hydrogen-bond donors (Lipinski definition) is 0. The highest BCUT2D eigenvalue weighted by Gasteiger charge is 2.17. The third-order valence-corrected chi connectivity index (χ3v) is 4.39. The van der Waals surface area contributed by atoms with Crippen molar-refractivity contribution in [2.75, 3.05) is 12.4 Å². The first kappa shape index (κ1) is 13.6. The Balaban J connectivity index is 2.86. The van der Waals surface area contributed by atoms with Crippen LogP contribution in [0.5, 0.6) is 0 Å². The van der Waals surface area contributed by atoms with Gasteiger partial charge in [0.1, 0.15) is 5.75 Å². The van der Waals surface area contributed by atoms with Crippen LogP contribution in [0.25, 0.3) is 0 Å². The minimum Gasteiger partial charge on any atom is -0.486 e. The van der Waals surface area contributed by atoms with Crippen LogP contribution < -0.4 is 0 Å². The van der Waals surface area contributed by atoms with E-state index in [-0.39, 0.29) is 15.7 Å². The third kappa shape index (κ3) is 3.84. The molecule has 0 aromatic heterocycles. The maximum atomic E-state index is 11.8. The molecule has 0 N–H and O–H groups in total. The molecule has 0 aliphatic carbocycles. The molecular weight excluding hydrogens is 312 g/mol. The zero-order valence-electron chi connectivity index (χ0n) is 8.64. The molecule has 0 bridgehead atoms. The molecule has 0 atom stereocenters. The van der Waals surface area contributed by atoms with Crippen molar-refractivity contribution in [2.24, 2.45) is 0 Å².